The molecule has 3 rings (SSSR count). The predicted molar refractivity (Wildman–Crippen MR) is 114 cm³/mol. The summed E-state index contributed by atoms with van der Waals surface area (Å²) in [5, 5.41) is 3.93. The molecule has 28 heavy (non-hydrogen) atoms. The number of aryl methyl sites for hydroxylation is 1. The molecule has 0 unspecified atom stereocenters. The maximum Gasteiger partial charge on any atom is 0.223 e. The third kappa shape index (κ3) is 5.98. The molecular formula is C23H29ClN2O2. The Hall–Kier alpha value is -2.04. The van der Waals surface area contributed by atoms with Crippen molar-refractivity contribution in [1.82, 2.24) is 10.2 Å². The number of carbonyl (C=O) groups is 1. The third-order valence-corrected chi connectivity index (χ3v) is 5.78. The molecule has 1 fully saturated rings. The average Bonchev–Trinajstić information content (AvgIpc) is 2.73. The van der Waals surface area contributed by atoms with Crippen LogP contribution in [0.1, 0.15) is 30.4 Å². The van der Waals surface area contributed by atoms with Crippen molar-refractivity contribution < 1.29 is 9.53 Å². The molecule has 1 N–H and O–H groups in total. The highest BCUT2D eigenvalue weighted by atomic mass is 35.5. The molecule has 1 aliphatic rings. The Bertz CT molecular complexity index is 755. The molecule has 0 aliphatic carbocycles. The van der Waals surface area contributed by atoms with E-state index < -0.39 is 0 Å². The fourth-order valence-electron chi connectivity index (χ4n) is 3.66. The number of amides is 1. The molecule has 2 aromatic carbocycles. The molecule has 0 bridgehead atoms. The van der Waals surface area contributed by atoms with Gasteiger partial charge in [-0.05, 0) is 68.1 Å². The molecule has 1 heterocycles. The normalized spacial score (nSPS) is 15.4. The van der Waals surface area contributed by atoms with Crippen molar-refractivity contribution >= 4 is 17.5 Å². The number of benzene rings is 2. The number of nitrogens with one attached hydrogen (secondary N) is 1. The van der Waals surface area contributed by atoms with E-state index in [9.17, 15) is 4.79 Å². The quantitative estimate of drug-likeness (QED) is 0.671. The first-order valence-corrected chi connectivity index (χ1v) is 10.4. The Labute approximate surface area is 172 Å². The number of piperidine rings is 1. The lowest BCUT2D eigenvalue weighted by Crippen LogP contribution is -2.40. The Morgan fingerprint density at radius 2 is 1.86 bits per heavy atom. The van der Waals surface area contributed by atoms with Crippen LogP contribution in [0, 0.1) is 5.92 Å². The van der Waals surface area contributed by atoms with Gasteiger partial charge in [-0.3, -0.25) is 9.69 Å². The van der Waals surface area contributed by atoms with Gasteiger partial charge in [0.1, 0.15) is 5.75 Å². The second-order valence-electron chi connectivity index (χ2n) is 7.38. The van der Waals surface area contributed by atoms with Gasteiger partial charge in [0, 0.05) is 24.0 Å². The maximum atomic E-state index is 12.4. The Kier molecular flexibility index (Phi) is 7.75. The summed E-state index contributed by atoms with van der Waals surface area (Å²) in [6, 6.07) is 16.1. The van der Waals surface area contributed by atoms with E-state index in [-0.39, 0.29) is 11.8 Å². The van der Waals surface area contributed by atoms with Gasteiger partial charge in [-0.1, -0.05) is 41.9 Å². The van der Waals surface area contributed by atoms with E-state index in [4.69, 9.17) is 16.3 Å². The zero-order valence-electron chi connectivity index (χ0n) is 16.5. The number of rotatable bonds is 8. The number of methoxy groups -OCH3 is 1. The highest BCUT2D eigenvalue weighted by molar-refractivity contribution is 6.31. The topological polar surface area (TPSA) is 41.6 Å². The van der Waals surface area contributed by atoms with Crippen molar-refractivity contribution in [2.75, 3.05) is 26.7 Å². The van der Waals surface area contributed by atoms with E-state index in [2.05, 4.69) is 28.4 Å². The van der Waals surface area contributed by atoms with E-state index in [0.717, 1.165) is 68.2 Å². The lowest BCUT2D eigenvalue weighted by atomic mass is 9.95. The summed E-state index contributed by atoms with van der Waals surface area (Å²) in [6.07, 6.45) is 3.73. The molecule has 0 spiro atoms. The van der Waals surface area contributed by atoms with E-state index in [1.165, 1.54) is 5.56 Å². The summed E-state index contributed by atoms with van der Waals surface area (Å²) < 4.78 is 5.17. The first-order chi connectivity index (χ1) is 13.7. The van der Waals surface area contributed by atoms with Gasteiger partial charge >= 0.3 is 0 Å². The highest BCUT2D eigenvalue weighted by Crippen LogP contribution is 2.22. The number of likely N-dealkylation sites (tertiary alicyclic amines) is 1. The summed E-state index contributed by atoms with van der Waals surface area (Å²) in [4.78, 5) is 14.8. The lowest BCUT2D eigenvalue weighted by molar-refractivity contribution is -0.126. The summed E-state index contributed by atoms with van der Waals surface area (Å²) in [5.41, 5.74) is 2.42. The molecule has 0 saturated carbocycles. The van der Waals surface area contributed by atoms with Gasteiger partial charge in [0.2, 0.25) is 5.91 Å². The molecule has 1 amide bonds. The number of ether oxygens (including phenoxy) is 1. The Morgan fingerprint density at radius 3 is 2.54 bits per heavy atom. The SMILES string of the molecule is COc1ccc(CCCNC(=O)C2CCN(Cc3ccccc3Cl)CC2)cc1. The van der Waals surface area contributed by atoms with Crippen LogP contribution in [0.4, 0.5) is 0 Å². The largest absolute Gasteiger partial charge is 0.497 e. The molecule has 5 heteroatoms. The van der Waals surface area contributed by atoms with Crippen LogP contribution in [0.15, 0.2) is 48.5 Å². The van der Waals surface area contributed by atoms with Gasteiger partial charge in [-0.2, -0.15) is 0 Å². The van der Waals surface area contributed by atoms with Crippen LogP contribution in [0.5, 0.6) is 5.75 Å². The summed E-state index contributed by atoms with van der Waals surface area (Å²) in [5.74, 6) is 1.20. The summed E-state index contributed by atoms with van der Waals surface area (Å²) in [7, 11) is 1.67. The van der Waals surface area contributed by atoms with Crippen LogP contribution in [0.25, 0.3) is 0 Å². The zero-order chi connectivity index (χ0) is 19.8. The van der Waals surface area contributed by atoms with Crippen molar-refractivity contribution in [3.63, 3.8) is 0 Å². The van der Waals surface area contributed by atoms with Crippen LogP contribution in [0.2, 0.25) is 5.02 Å². The van der Waals surface area contributed by atoms with Crippen LogP contribution < -0.4 is 10.1 Å². The molecule has 0 aromatic heterocycles. The Balaban J connectivity index is 1.34. The average molecular weight is 401 g/mol. The molecule has 0 radical (unpaired) electrons. The summed E-state index contributed by atoms with van der Waals surface area (Å²) in [6.45, 7) is 3.46. The van der Waals surface area contributed by atoms with E-state index in [0.29, 0.717) is 0 Å². The number of hydrogen-bond acceptors (Lipinski definition) is 3. The van der Waals surface area contributed by atoms with E-state index >= 15 is 0 Å². The lowest BCUT2D eigenvalue weighted by Gasteiger charge is -2.31. The standard InChI is InChI=1S/C23H29ClN2O2/c1-28-21-10-8-18(9-11-21)5-4-14-25-23(27)19-12-15-26(16-13-19)17-20-6-2-3-7-22(20)24/h2-3,6-11,19H,4-5,12-17H2,1H3,(H,25,27). The van der Waals surface area contributed by atoms with Crippen LogP contribution in [-0.2, 0) is 17.8 Å². The number of hydrogen-bond donors (Lipinski definition) is 1. The van der Waals surface area contributed by atoms with Gasteiger partial charge in [-0.25, -0.2) is 0 Å². The van der Waals surface area contributed by atoms with Gasteiger partial charge in [0.15, 0.2) is 0 Å². The molecular weight excluding hydrogens is 372 g/mol. The summed E-state index contributed by atoms with van der Waals surface area (Å²) >= 11 is 6.26. The third-order valence-electron chi connectivity index (χ3n) is 5.41. The van der Waals surface area contributed by atoms with Gasteiger partial charge in [0.25, 0.3) is 0 Å². The number of halogens is 1. The molecule has 1 saturated heterocycles. The van der Waals surface area contributed by atoms with Gasteiger partial charge in [-0.15, -0.1) is 0 Å². The molecule has 1 aliphatic heterocycles. The minimum absolute atomic E-state index is 0.128. The first-order valence-electron chi connectivity index (χ1n) is 10.0. The first kappa shape index (κ1) is 20.7. The maximum absolute atomic E-state index is 12.4. The molecule has 0 atom stereocenters. The second kappa shape index (κ2) is 10.5. The molecule has 2 aromatic rings. The van der Waals surface area contributed by atoms with Crippen LogP contribution >= 0.6 is 11.6 Å². The van der Waals surface area contributed by atoms with Crippen molar-refractivity contribution in [2.45, 2.75) is 32.2 Å². The van der Waals surface area contributed by atoms with Crippen molar-refractivity contribution in [3.05, 3.63) is 64.7 Å². The van der Waals surface area contributed by atoms with Gasteiger partial charge in [0.05, 0.1) is 7.11 Å². The highest BCUT2D eigenvalue weighted by Gasteiger charge is 2.24. The monoisotopic (exact) mass is 400 g/mol. The smallest absolute Gasteiger partial charge is 0.223 e. The fraction of sp³-hybridized carbons (Fsp3) is 0.435. The van der Waals surface area contributed by atoms with Crippen molar-refractivity contribution in [1.29, 1.82) is 0 Å². The molecule has 150 valence electrons. The van der Waals surface area contributed by atoms with E-state index in [1.54, 1.807) is 7.11 Å². The van der Waals surface area contributed by atoms with Crippen molar-refractivity contribution in [3.8, 4) is 5.75 Å². The molecule has 4 nitrogen and oxygen atoms in total. The van der Waals surface area contributed by atoms with Crippen LogP contribution in [0.3, 0.4) is 0 Å². The van der Waals surface area contributed by atoms with Gasteiger partial charge < -0.3 is 10.1 Å². The van der Waals surface area contributed by atoms with Crippen LogP contribution in [-0.4, -0.2) is 37.6 Å². The Morgan fingerprint density at radius 1 is 1.14 bits per heavy atom. The second-order valence-corrected chi connectivity index (χ2v) is 7.79. The minimum Gasteiger partial charge on any atom is -0.497 e. The van der Waals surface area contributed by atoms with E-state index in [1.807, 2.05) is 30.3 Å². The number of nitrogens with zero attached hydrogens (tertiary/aromatic N) is 1. The fourth-order valence-corrected chi connectivity index (χ4v) is 3.86. The minimum atomic E-state index is 0.128. The van der Waals surface area contributed by atoms with Crippen molar-refractivity contribution in [2.24, 2.45) is 5.92 Å². The number of carbonyl (C=O) groups excluding carboxylic acids is 1. The zero-order valence-corrected chi connectivity index (χ0v) is 17.3. The predicted octanol–water partition coefficient (Wildman–Crippen LogP) is 4.31.